The van der Waals surface area contributed by atoms with Crippen molar-refractivity contribution in [1.29, 1.82) is 0 Å². The Morgan fingerprint density at radius 3 is 2.56 bits per heavy atom. The smallest absolute Gasteiger partial charge is 0.272 e. The molecule has 2 heterocycles. The fourth-order valence-corrected chi connectivity index (χ4v) is 3.24. The number of amides is 2. The zero-order valence-electron chi connectivity index (χ0n) is 15.5. The molecule has 0 saturated carbocycles. The van der Waals surface area contributed by atoms with Crippen molar-refractivity contribution in [3.8, 4) is 0 Å². The van der Waals surface area contributed by atoms with Crippen LogP contribution < -0.4 is 10.9 Å². The number of piperazine rings is 1. The molecular formula is C19H25N5O3. The first-order chi connectivity index (χ1) is 13.1. The lowest BCUT2D eigenvalue weighted by Crippen LogP contribution is -2.51. The first-order valence-electron chi connectivity index (χ1n) is 9.31. The van der Waals surface area contributed by atoms with E-state index in [1.165, 1.54) is 0 Å². The lowest BCUT2D eigenvalue weighted by atomic mass is 10.1. The van der Waals surface area contributed by atoms with Gasteiger partial charge in [-0.1, -0.05) is 25.1 Å². The number of fused-ring (bicyclic) bond motifs is 1. The fourth-order valence-electron chi connectivity index (χ4n) is 3.24. The summed E-state index contributed by atoms with van der Waals surface area (Å²) in [6.45, 7) is 5.59. The third-order valence-electron chi connectivity index (χ3n) is 4.76. The number of H-pyrrole nitrogens is 1. The highest BCUT2D eigenvalue weighted by Gasteiger charge is 2.23. The van der Waals surface area contributed by atoms with Crippen LogP contribution in [0.15, 0.2) is 29.1 Å². The summed E-state index contributed by atoms with van der Waals surface area (Å²) >= 11 is 0. The maximum atomic E-state index is 12.7. The topological polar surface area (TPSA) is 98.4 Å². The van der Waals surface area contributed by atoms with E-state index in [2.05, 4.69) is 20.4 Å². The molecule has 1 aromatic carbocycles. The van der Waals surface area contributed by atoms with Crippen LogP contribution in [-0.4, -0.2) is 71.1 Å². The van der Waals surface area contributed by atoms with E-state index < -0.39 is 0 Å². The monoisotopic (exact) mass is 371 g/mol. The van der Waals surface area contributed by atoms with Crippen LogP contribution in [0.25, 0.3) is 10.8 Å². The van der Waals surface area contributed by atoms with Crippen molar-refractivity contribution in [2.75, 3.05) is 39.3 Å². The number of aromatic nitrogens is 2. The Morgan fingerprint density at radius 1 is 1.15 bits per heavy atom. The number of nitrogens with one attached hydrogen (secondary N) is 2. The summed E-state index contributed by atoms with van der Waals surface area (Å²) in [5.74, 6) is 0.00956. The van der Waals surface area contributed by atoms with Crippen molar-refractivity contribution in [2.24, 2.45) is 0 Å². The van der Waals surface area contributed by atoms with E-state index >= 15 is 0 Å². The van der Waals surface area contributed by atoms with Gasteiger partial charge in [-0.05, 0) is 12.5 Å². The summed E-state index contributed by atoms with van der Waals surface area (Å²) in [5, 5.41) is 10.7. The average molecular weight is 371 g/mol. The first kappa shape index (κ1) is 19.0. The van der Waals surface area contributed by atoms with Gasteiger partial charge in [0.1, 0.15) is 0 Å². The SMILES string of the molecule is CCCNC(=O)CN1CCN(C(=O)Cc2n[nH]c(=O)c3ccccc23)CC1. The Bertz CT molecular complexity index is 871. The molecule has 2 amide bonds. The molecule has 0 spiro atoms. The summed E-state index contributed by atoms with van der Waals surface area (Å²) in [7, 11) is 0. The molecule has 1 aromatic heterocycles. The molecule has 0 aliphatic carbocycles. The van der Waals surface area contributed by atoms with Gasteiger partial charge in [0.25, 0.3) is 5.56 Å². The third kappa shape index (κ3) is 4.71. The summed E-state index contributed by atoms with van der Waals surface area (Å²) in [6.07, 6.45) is 1.07. The quantitative estimate of drug-likeness (QED) is 0.752. The van der Waals surface area contributed by atoms with Gasteiger partial charge in [0.05, 0.1) is 24.0 Å². The third-order valence-corrected chi connectivity index (χ3v) is 4.76. The molecule has 1 saturated heterocycles. The molecule has 0 unspecified atom stereocenters. The molecule has 144 valence electrons. The minimum Gasteiger partial charge on any atom is -0.355 e. The molecule has 0 atom stereocenters. The minimum atomic E-state index is -0.253. The highest BCUT2D eigenvalue weighted by Crippen LogP contribution is 2.14. The molecule has 1 fully saturated rings. The zero-order valence-corrected chi connectivity index (χ0v) is 15.5. The van der Waals surface area contributed by atoms with Gasteiger partial charge in [-0.3, -0.25) is 19.3 Å². The zero-order chi connectivity index (χ0) is 19.2. The summed E-state index contributed by atoms with van der Waals surface area (Å²) in [4.78, 5) is 40.2. The number of benzene rings is 1. The van der Waals surface area contributed by atoms with E-state index in [0.717, 1.165) is 6.42 Å². The number of hydrogen-bond donors (Lipinski definition) is 2. The lowest BCUT2D eigenvalue weighted by Gasteiger charge is -2.34. The van der Waals surface area contributed by atoms with Crippen molar-refractivity contribution in [1.82, 2.24) is 25.3 Å². The van der Waals surface area contributed by atoms with Crippen LogP contribution in [-0.2, 0) is 16.0 Å². The van der Waals surface area contributed by atoms with Gasteiger partial charge in [-0.25, -0.2) is 5.10 Å². The van der Waals surface area contributed by atoms with E-state index in [-0.39, 0.29) is 23.8 Å². The molecule has 0 bridgehead atoms. The molecule has 2 N–H and O–H groups in total. The second-order valence-electron chi connectivity index (χ2n) is 6.73. The van der Waals surface area contributed by atoms with Crippen molar-refractivity contribution < 1.29 is 9.59 Å². The highest BCUT2D eigenvalue weighted by molar-refractivity contribution is 5.88. The largest absolute Gasteiger partial charge is 0.355 e. The summed E-state index contributed by atoms with van der Waals surface area (Å²) in [5.41, 5.74) is 0.327. The summed E-state index contributed by atoms with van der Waals surface area (Å²) < 4.78 is 0. The van der Waals surface area contributed by atoms with Crippen molar-refractivity contribution >= 4 is 22.6 Å². The van der Waals surface area contributed by atoms with Crippen LogP contribution >= 0.6 is 0 Å². The highest BCUT2D eigenvalue weighted by atomic mass is 16.2. The lowest BCUT2D eigenvalue weighted by molar-refractivity contribution is -0.132. The van der Waals surface area contributed by atoms with Crippen LogP contribution in [0.2, 0.25) is 0 Å². The van der Waals surface area contributed by atoms with Crippen molar-refractivity contribution in [2.45, 2.75) is 19.8 Å². The predicted octanol–water partition coefficient (Wildman–Crippen LogP) is 0.136. The fraction of sp³-hybridized carbons (Fsp3) is 0.474. The molecule has 1 aliphatic rings. The van der Waals surface area contributed by atoms with Gasteiger partial charge in [-0.15, -0.1) is 0 Å². The van der Waals surface area contributed by atoms with E-state index in [9.17, 15) is 14.4 Å². The summed E-state index contributed by atoms with van der Waals surface area (Å²) in [6, 6.07) is 7.16. The number of aromatic amines is 1. The van der Waals surface area contributed by atoms with Gasteiger partial charge in [0, 0.05) is 38.1 Å². The minimum absolute atomic E-state index is 0.0187. The van der Waals surface area contributed by atoms with E-state index in [1.54, 1.807) is 17.0 Å². The number of nitrogens with zero attached hydrogens (tertiary/aromatic N) is 3. The average Bonchev–Trinajstić information content (AvgIpc) is 2.69. The number of carbonyl (C=O) groups is 2. The Hall–Kier alpha value is -2.74. The second-order valence-corrected chi connectivity index (χ2v) is 6.73. The second kappa shape index (κ2) is 8.77. The van der Waals surface area contributed by atoms with Crippen molar-refractivity contribution in [3.05, 3.63) is 40.3 Å². The Labute approximate surface area is 157 Å². The number of carbonyl (C=O) groups excluding carboxylic acids is 2. The van der Waals surface area contributed by atoms with Crippen LogP contribution in [0.4, 0.5) is 0 Å². The number of hydrogen-bond acceptors (Lipinski definition) is 5. The predicted molar refractivity (Wildman–Crippen MR) is 102 cm³/mol. The maximum absolute atomic E-state index is 12.7. The van der Waals surface area contributed by atoms with Gasteiger partial charge >= 0.3 is 0 Å². The van der Waals surface area contributed by atoms with Gasteiger partial charge in [0.2, 0.25) is 11.8 Å². The molecule has 8 heteroatoms. The maximum Gasteiger partial charge on any atom is 0.272 e. The number of rotatable bonds is 6. The molecule has 2 aromatic rings. The Kier molecular flexibility index (Phi) is 6.18. The normalized spacial score (nSPS) is 15.1. The molecular weight excluding hydrogens is 346 g/mol. The first-order valence-corrected chi connectivity index (χ1v) is 9.31. The van der Waals surface area contributed by atoms with Gasteiger partial charge in [-0.2, -0.15) is 5.10 Å². The van der Waals surface area contributed by atoms with Crippen molar-refractivity contribution in [3.63, 3.8) is 0 Å². The molecule has 8 nitrogen and oxygen atoms in total. The van der Waals surface area contributed by atoms with Gasteiger partial charge < -0.3 is 10.2 Å². The van der Waals surface area contributed by atoms with Crippen LogP contribution in [0.1, 0.15) is 19.0 Å². The standard InChI is InChI=1S/C19H25N5O3/c1-2-7-20-17(25)13-23-8-10-24(11-9-23)18(26)12-16-14-5-3-4-6-15(14)19(27)22-21-16/h3-6H,2,7-13H2,1H3,(H,20,25)(H,22,27). The molecule has 1 aliphatic heterocycles. The van der Waals surface area contributed by atoms with E-state index in [0.29, 0.717) is 55.7 Å². The van der Waals surface area contributed by atoms with Gasteiger partial charge in [0.15, 0.2) is 0 Å². The van der Waals surface area contributed by atoms with Crippen LogP contribution in [0, 0.1) is 0 Å². The van der Waals surface area contributed by atoms with Crippen LogP contribution in [0.3, 0.4) is 0 Å². The Morgan fingerprint density at radius 2 is 1.85 bits per heavy atom. The van der Waals surface area contributed by atoms with E-state index in [1.807, 2.05) is 19.1 Å². The Balaban J connectivity index is 1.57. The molecule has 0 radical (unpaired) electrons. The van der Waals surface area contributed by atoms with E-state index in [4.69, 9.17) is 0 Å². The molecule has 3 rings (SSSR count). The molecule has 27 heavy (non-hydrogen) atoms. The van der Waals surface area contributed by atoms with Crippen LogP contribution in [0.5, 0.6) is 0 Å².